The summed E-state index contributed by atoms with van der Waals surface area (Å²) in [6.45, 7) is 5.52. The van der Waals surface area contributed by atoms with Gasteiger partial charge in [-0.15, -0.1) is 0 Å². The summed E-state index contributed by atoms with van der Waals surface area (Å²) in [6, 6.07) is 11.5. The van der Waals surface area contributed by atoms with Crippen molar-refractivity contribution in [3.63, 3.8) is 0 Å². The summed E-state index contributed by atoms with van der Waals surface area (Å²) in [6.07, 6.45) is 1.09. The van der Waals surface area contributed by atoms with Crippen molar-refractivity contribution in [2.45, 2.75) is 26.3 Å². The first-order valence-electron chi connectivity index (χ1n) is 5.97. The molecule has 1 heterocycles. The molecule has 0 aliphatic rings. The first-order valence-corrected chi connectivity index (χ1v) is 5.97. The number of para-hydroxylation sites is 1. The summed E-state index contributed by atoms with van der Waals surface area (Å²) in [5, 5.41) is 4.56. The zero-order chi connectivity index (χ0) is 11.5. The maximum absolute atomic E-state index is 3.21. The molecule has 1 aromatic heterocycles. The van der Waals surface area contributed by atoms with Crippen molar-refractivity contribution in [1.82, 2.24) is 9.88 Å². The van der Waals surface area contributed by atoms with Gasteiger partial charge in [-0.2, -0.15) is 0 Å². The van der Waals surface area contributed by atoms with E-state index in [0.29, 0.717) is 6.04 Å². The van der Waals surface area contributed by atoms with Crippen molar-refractivity contribution in [3.05, 3.63) is 36.0 Å². The molecule has 0 aliphatic carbocycles. The van der Waals surface area contributed by atoms with E-state index in [-0.39, 0.29) is 0 Å². The lowest BCUT2D eigenvalue weighted by molar-refractivity contribution is 0.587. The molecule has 0 saturated heterocycles. The van der Waals surface area contributed by atoms with E-state index >= 15 is 0 Å². The fourth-order valence-corrected chi connectivity index (χ4v) is 2.29. The Kier molecular flexibility index (Phi) is 3.30. The van der Waals surface area contributed by atoms with Gasteiger partial charge in [0.2, 0.25) is 0 Å². The van der Waals surface area contributed by atoms with Crippen LogP contribution in [0.25, 0.3) is 10.9 Å². The Balaban J connectivity index is 2.50. The molecule has 0 amide bonds. The van der Waals surface area contributed by atoms with Crippen molar-refractivity contribution in [2.24, 2.45) is 0 Å². The van der Waals surface area contributed by atoms with Gasteiger partial charge in [0.05, 0.1) is 0 Å². The molecule has 0 bridgehead atoms. The van der Waals surface area contributed by atoms with Crippen LogP contribution in [0.1, 0.15) is 25.6 Å². The quantitative estimate of drug-likeness (QED) is 0.831. The number of hydrogen-bond donors (Lipinski definition) is 1. The number of rotatable bonds is 4. The number of fused-ring (bicyclic) bond motifs is 1. The number of nitrogens with one attached hydrogen (secondary N) is 1. The van der Waals surface area contributed by atoms with Gasteiger partial charge < -0.3 is 9.88 Å². The summed E-state index contributed by atoms with van der Waals surface area (Å²) < 4.78 is 2.44. The third-order valence-electron chi connectivity index (χ3n) is 2.98. The van der Waals surface area contributed by atoms with Crippen LogP contribution < -0.4 is 5.32 Å². The van der Waals surface area contributed by atoms with E-state index in [9.17, 15) is 0 Å². The van der Waals surface area contributed by atoms with E-state index in [1.54, 1.807) is 0 Å². The van der Waals surface area contributed by atoms with E-state index in [2.05, 4.69) is 54.1 Å². The van der Waals surface area contributed by atoms with E-state index in [4.69, 9.17) is 0 Å². The summed E-state index contributed by atoms with van der Waals surface area (Å²) in [5.41, 5.74) is 2.77. The predicted molar refractivity (Wildman–Crippen MR) is 70.0 cm³/mol. The zero-order valence-electron chi connectivity index (χ0n) is 10.3. The fraction of sp³-hybridized carbons (Fsp3) is 0.429. The summed E-state index contributed by atoms with van der Waals surface area (Å²) in [5.74, 6) is 0. The first kappa shape index (κ1) is 11.2. The smallest absolute Gasteiger partial charge is 0.0484 e. The predicted octanol–water partition coefficient (Wildman–Crippen LogP) is 2.98. The molecular weight excluding hydrogens is 196 g/mol. The van der Waals surface area contributed by atoms with Crippen LogP contribution in [0.4, 0.5) is 0 Å². The first-order chi connectivity index (χ1) is 7.74. The second-order valence-electron chi connectivity index (χ2n) is 4.51. The van der Waals surface area contributed by atoms with Crippen molar-refractivity contribution >= 4 is 10.9 Å². The van der Waals surface area contributed by atoms with Gasteiger partial charge >= 0.3 is 0 Å². The van der Waals surface area contributed by atoms with Gasteiger partial charge in [0.1, 0.15) is 0 Å². The van der Waals surface area contributed by atoms with Gasteiger partial charge in [-0.1, -0.05) is 18.2 Å². The van der Waals surface area contributed by atoms with Gasteiger partial charge in [-0.25, -0.2) is 0 Å². The van der Waals surface area contributed by atoms with Crippen LogP contribution in [-0.2, 0) is 6.42 Å². The van der Waals surface area contributed by atoms with Crippen LogP contribution in [-0.4, -0.2) is 18.2 Å². The number of aromatic nitrogens is 1. The zero-order valence-corrected chi connectivity index (χ0v) is 10.3. The molecule has 16 heavy (non-hydrogen) atoms. The van der Waals surface area contributed by atoms with Gasteiger partial charge in [-0.05, 0) is 38.4 Å². The normalized spacial score (nSPS) is 11.5. The van der Waals surface area contributed by atoms with E-state index < -0.39 is 0 Å². The van der Waals surface area contributed by atoms with Crippen LogP contribution in [0.5, 0.6) is 0 Å². The maximum Gasteiger partial charge on any atom is 0.0484 e. The molecular formula is C14H20N2. The number of benzene rings is 1. The highest BCUT2D eigenvalue weighted by Crippen LogP contribution is 2.24. The minimum Gasteiger partial charge on any atom is -0.342 e. The monoisotopic (exact) mass is 216 g/mol. The lowest BCUT2D eigenvalue weighted by atomic mass is 10.2. The van der Waals surface area contributed by atoms with Crippen molar-refractivity contribution in [2.75, 3.05) is 13.6 Å². The van der Waals surface area contributed by atoms with Gasteiger partial charge in [-0.3, -0.25) is 0 Å². The van der Waals surface area contributed by atoms with Crippen LogP contribution in [0.15, 0.2) is 30.3 Å². The Labute approximate surface area is 97.3 Å². The number of nitrogens with zero attached hydrogens (tertiary/aromatic N) is 1. The van der Waals surface area contributed by atoms with E-state index in [1.165, 1.54) is 16.6 Å². The highest BCUT2D eigenvalue weighted by molar-refractivity contribution is 5.81. The lowest BCUT2D eigenvalue weighted by Gasteiger charge is -2.14. The number of likely N-dealkylation sites (N-methyl/N-ethyl adjacent to an activating group) is 1. The fourth-order valence-electron chi connectivity index (χ4n) is 2.29. The lowest BCUT2D eigenvalue weighted by Crippen LogP contribution is -2.14. The van der Waals surface area contributed by atoms with Gasteiger partial charge in [0, 0.05) is 30.2 Å². The maximum atomic E-state index is 3.21. The highest BCUT2D eigenvalue weighted by Gasteiger charge is 2.09. The summed E-state index contributed by atoms with van der Waals surface area (Å²) >= 11 is 0. The molecule has 2 nitrogen and oxygen atoms in total. The van der Waals surface area contributed by atoms with Crippen molar-refractivity contribution < 1.29 is 0 Å². The van der Waals surface area contributed by atoms with E-state index in [0.717, 1.165) is 13.0 Å². The van der Waals surface area contributed by atoms with Crippen LogP contribution in [0, 0.1) is 0 Å². The van der Waals surface area contributed by atoms with Gasteiger partial charge in [0.15, 0.2) is 0 Å². The average molecular weight is 216 g/mol. The summed E-state index contributed by atoms with van der Waals surface area (Å²) in [7, 11) is 2.00. The van der Waals surface area contributed by atoms with Crippen molar-refractivity contribution in [1.29, 1.82) is 0 Å². The Morgan fingerprint density at radius 3 is 2.69 bits per heavy atom. The molecule has 2 aromatic rings. The molecule has 1 N–H and O–H groups in total. The molecule has 0 unspecified atom stereocenters. The second-order valence-corrected chi connectivity index (χ2v) is 4.51. The third-order valence-corrected chi connectivity index (χ3v) is 2.98. The molecule has 0 spiro atoms. The summed E-state index contributed by atoms with van der Waals surface area (Å²) in [4.78, 5) is 0. The molecule has 2 heteroatoms. The average Bonchev–Trinajstić information content (AvgIpc) is 2.64. The number of hydrogen-bond acceptors (Lipinski definition) is 1. The Hall–Kier alpha value is -1.28. The standard InChI is InChI=1S/C14H20N2/c1-11(2)16-13(8-9-15-3)10-12-6-4-5-7-14(12)16/h4-7,10-11,15H,8-9H2,1-3H3. The highest BCUT2D eigenvalue weighted by atomic mass is 15.0. The second kappa shape index (κ2) is 4.71. The van der Waals surface area contributed by atoms with Crippen LogP contribution >= 0.6 is 0 Å². The molecule has 0 fully saturated rings. The Morgan fingerprint density at radius 1 is 1.25 bits per heavy atom. The van der Waals surface area contributed by atoms with Crippen LogP contribution in [0.3, 0.4) is 0 Å². The molecule has 0 saturated carbocycles. The minimum absolute atomic E-state index is 0.520. The molecule has 0 atom stereocenters. The molecule has 0 radical (unpaired) electrons. The van der Waals surface area contributed by atoms with Crippen molar-refractivity contribution in [3.8, 4) is 0 Å². The Bertz CT molecular complexity index is 469. The molecule has 2 rings (SSSR count). The van der Waals surface area contributed by atoms with E-state index in [1.807, 2.05) is 7.05 Å². The molecule has 0 aliphatic heterocycles. The van der Waals surface area contributed by atoms with Crippen LogP contribution in [0.2, 0.25) is 0 Å². The minimum atomic E-state index is 0.520. The largest absolute Gasteiger partial charge is 0.342 e. The molecule has 1 aromatic carbocycles. The SMILES string of the molecule is CNCCc1cc2ccccc2n1C(C)C. The topological polar surface area (TPSA) is 17.0 Å². The molecule has 86 valence electrons. The van der Waals surface area contributed by atoms with Gasteiger partial charge in [0.25, 0.3) is 0 Å². The third kappa shape index (κ3) is 1.98. The Morgan fingerprint density at radius 2 is 2.00 bits per heavy atom.